The van der Waals surface area contributed by atoms with Crippen molar-refractivity contribution in [3.63, 3.8) is 0 Å². The van der Waals surface area contributed by atoms with Gasteiger partial charge in [0.2, 0.25) is 0 Å². The highest BCUT2D eigenvalue weighted by Gasteiger charge is 2.30. The van der Waals surface area contributed by atoms with Crippen LogP contribution in [-0.2, 0) is 0 Å². The number of hydrogen-bond donors (Lipinski definition) is 1. The summed E-state index contributed by atoms with van der Waals surface area (Å²) >= 11 is 0. The molecule has 1 aliphatic rings. The summed E-state index contributed by atoms with van der Waals surface area (Å²) in [5.41, 5.74) is 3.13. The standard InChI is InChI=1S/C20H19N3O3/c1-22(2)19(24)14-7-3-12(4-8-14)15-9-10-23-16(11-15)17(20(25)26)21-18(23)13-5-6-13/h3-4,7-11,13H,5-6H2,1-2H3,(H,25,26). The molecule has 0 bridgehead atoms. The Labute approximate surface area is 150 Å². The molecule has 4 rings (SSSR count). The van der Waals surface area contributed by atoms with E-state index >= 15 is 0 Å². The maximum atomic E-state index is 12.0. The summed E-state index contributed by atoms with van der Waals surface area (Å²) in [6, 6.07) is 11.1. The summed E-state index contributed by atoms with van der Waals surface area (Å²) in [7, 11) is 3.43. The summed E-state index contributed by atoms with van der Waals surface area (Å²) in [5, 5.41) is 9.49. The summed E-state index contributed by atoms with van der Waals surface area (Å²) in [6.45, 7) is 0. The Kier molecular flexibility index (Phi) is 3.76. The Morgan fingerprint density at radius 2 is 1.81 bits per heavy atom. The van der Waals surface area contributed by atoms with E-state index in [0.717, 1.165) is 29.8 Å². The molecule has 2 aromatic heterocycles. The third-order valence-electron chi connectivity index (χ3n) is 4.69. The third-order valence-corrected chi connectivity index (χ3v) is 4.69. The van der Waals surface area contributed by atoms with E-state index in [9.17, 15) is 14.7 Å². The van der Waals surface area contributed by atoms with Gasteiger partial charge in [-0.15, -0.1) is 0 Å². The summed E-state index contributed by atoms with van der Waals surface area (Å²) in [6.07, 6.45) is 4.00. The van der Waals surface area contributed by atoms with Crippen LogP contribution in [0.1, 0.15) is 45.4 Å². The first-order valence-electron chi connectivity index (χ1n) is 8.53. The number of benzene rings is 1. The minimum Gasteiger partial charge on any atom is -0.476 e. The van der Waals surface area contributed by atoms with Crippen LogP contribution in [-0.4, -0.2) is 45.4 Å². The summed E-state index contributed by atoms with van der Waals surface area (Å²) < 4.78 is 1.88. The molecule has 1 aliphatic carbocycles. The first-order valence-corrected chi connectivity index (χ1v) is 8.53. The van der Waals surface area contributed by atoms with Crippen LogP contribution in [0.5, 0.6) is 0 Å². The van der Waals surface area contributed by atoms with E-state index in [1.165, 1.54) is 4.90 Å². The molecule has 132 valence electrons. The molecule has 0 radical (unpaired) electrons. The molecule has 1 N–H and O–H groups in total. The minimum absolute atomic E-state index is 0.0509. The van der Waals surface area contributed by atoms with E-state index in [1.807, 2.05) is 34.9 Å². The molecule has 3 aromatic rings. The molecule has 0 aliphatic heterocycles. The zero-order chi connectivity index (χ0) is 18.4. The molecule has 0 saturated heterocycles. The number of fused-ring (bicyclic) bond motifs is 1. The number of carbonyl (C=O) groups is 2. The molecule has 1 aromatic carbocycles. The number of pyridine rings is 1. The van der Waals surface area contributed by atoms with Gasteiger partial charge >= 0.3 is 5.97 Å². The van der Waals surface area contributed by atoms with Gasteiger partial charge in [-0.3, -0.25) is 4.79 Å². The first kappa shape index (κ1) is 16.3. The summed E-state index contributed by atoms with van der Waals surface area (Å²) in [4.78, 5) is 29.5. The van der Waals surface area contributed by atoms with E-state index in [4.69, 9.17) is 0 Å². The number of carboxylic acid groups (broad SMARTS) is 1. The Morgan fingerprint density at radius 3 is 2.38 bits per heavy atom. The van der Waals surface area contributed by atoms with Crippen LogP contribution in [0.4, 0.5) is 0 Å². The lowest BCUT2D eigenvalue weighted by atomic mass is 10.0. The van der Waals surface area contributed by atoms with Gasteiger partial charge in [0.1, 0.15) is 5.82 Å². The predicted molar refractivity (Wildman–Crippen MR) is 97.6 cm³/mol. The van der Waals surface area contributed by atoms with Gasteiger partial charge in [-0.05, 0) is 48.2 Å². The normalized spacial score (nSPS) is 13.8. The molecule has 6 nitrogen and oxygen atoms in total. The molecule has 26 heavy (non-hydrogen) atoms. The van der Waals surface area contributed by atoms with Crippen molar-refractivity contribution in [3.8, 4) is 11.1 Å². The second-order valence-corrected chi connectivity index (χ2v) is 6.85. The monoisotopic (exact) mass is 349 g/mol. The lowest BCUT2D eigenvalue weighted by Gasteiger charge is -2.11. The smallest absolute Gasteiger partial charge is 0.356 e. The van der Waals surface area contributed by atoms with Crippen LogP contribution in [0.2, 0.25) is 0 Å². The molecule has 6 heteroatoms. The SMILES string of the molecule is CN(C)C(=O)c1ccc(-c2ccn3c(C4CC4)nc(C(=O)O)c3c2)cc1. The number of aromatic carboxylic acids is 1. The number of aromatic nitrogens is 2. The minimum atomic E-state index is -1.02. The van der Waals surface area contributed by atoms with Crippen LogP contribution >= 0.6 is 0 Å². The molecule has 0 unspecified atom stereocenters. The number of nitrogens with zero attached hydrogens (tertiary/aromatic N) is 3. The van der Waals surface area contributed by atoms with E-state index in [-0.39, 0.29) is 11.6 Å². The second-order valence-electron chi connectivity index (χ2n) is 6.85. The van der Waals surface area contributed by atoms with E-state index in [0.29, 0.717) is 17.0 Å². The predicted octanol–water partition coefficient (Wildman–Crippen LogP) is 3.28. The maximum Gasteiger partial charge on any atom is 0.356 e. The van der Waals surface area contributed by atoms with Crippen molar-refractivity contribution in [2.45, 2.75) is 18.8 Å². The number of rotatable bonds is 4. The van der Waals surface area contributed by atoms with E-state index < -0.39 is 5.97 Å². The van der Waals surface area contributed by atoms with Gasteiger partial charge in [0.15, 0.2) is 5.69 Å². The van der Waals surface area contributed by atoms with Gasteiger partial charge in [0.05, 0.1) is 5.52 Å². The average molecular weight is 349 g/mol. The molecule has 2 heterocycles. The molecule has 1 amide bonds. The van der Waals surface area contributed by atoms with Gasteiger partial charge in [-0.25, -0.2) is 9.78 Å². The van der Waals surface area contributed by atoms with E-state index in [2.05, 4.69) is 4.98 Å². The Balaban J connectivity index is 1.76. The van der Waals surface area contributed by atoms with Crippen LogP contribution in [0.15, 0.2) is 42.6 Å². The molecule has 1 saturated carbocycles. The lowest BCUT2D eigenvalue weighted by molar-refractivity contribution is 0.0692. The number of imidazole rings is 1. The fourth-order valence-electron chi connectivity index (χ4n) is 3.14. The number of carbonyl (C=O) groups excluding carboxylic acids is 1. The lowest BCUT2D eigenvalue weighted by Crippen LogP contribution is -2.21. The van der Waals surface area contributed by atoms with Gasteiger partial charge in [-0.1, -0.05) is 12.1 Å². The topological polar surface area (TPSA) is 74.9 Å². The van der Waals surface area contributed by atoms with Crippen LogP contribution in [0.25, 0.3) is 16.6 Å². The fraction of sp³-hybridized carbons (Fsp3) is 0.250. The number of hydrogen-bond acceptors (Lipinski definition) is 3. The summed E-state index contributed by atoms with van der Waals surface area (Å²) in [5.74, 6) is 0.122. The van der Waals surface area contributed by atoms with E-state index in [1.54, 1.807) is 26.2 Å². The van der Waals surface area contributed by atoms with Crippen molar-refractivity contribution in [1.82, 2.24) is 14.3 Å². The zero-order valence-electron chi connectivity index (χ0n) is 14.6. The van der Waals surface area contributed by atoms with Crippen molar-refractivity contribution >= 4 is 17.4 Å². The second kappa shape index (κ2) is 5.98. The van der Waals surface area contributed by atoms with Crippen molar-refractivity contribution in [3.05, 3.63) is 59.7 Å². The zero-order valence-corrected chi connectivity index (χ0v) is 14.6. The number of carboxylic acids is 1. The highest BCUT2D eigenvalue weighted by Crippen LogP contribution is 2.40. The quantitative estimate of drug-likeness (QED) is 0.784. The molecule has 0 atom stereocenters. The van der Waals surface area contributed by atoms with Gasteiger partial charge < -0.3 is 14.4 Å². The van der Waals surface area contributed by atoms with Crippen molar-refractivity contribution in [2.24, 2.45) is 0 Å². The third kappa shape index (κ3) is 2.73. The largest absolute Gasteiger partial charge is 0.476 e. The molecular weight excluding hydrogens is 330 g/mol. The van der Waals surface area contributed by atoms with Crippen molar-refractivity contribution in [1.29, 1.82) is 0 Å². The first-order chi connectivity index (χ1) is 12.5. The van der Waals surface area contributed by atoms with Crippen molar-refractivity contribution < 1.29 is 14.7 Å². The highest BCUT2D eigenvalue weighted by molar-refractivity contribution is 5.95. The van der Waals surface area contributed by atoms with Gasteiger partial charge in [0, 0.05) is 31.8 Å². The highest BCUT2D eigenvalue weighted by atomic mass is 16.4. The molecule has 0 spiro atoms. The maximum absolute atomic E-state index is 12.0. The van der Waals surface area contributed by atoms with Gasteiger partial charge in [-0.2, -0.15) is 0 Å². The van der Waals surface area contributed by atoms with Gasteiger partial charge in [0.25, 0.3) is 5.91 Å². The number of amides is 1. The van der Waals surface area contributed by atoms with Crippen LogP contribution in [0.3, 0.4) is 0 Å². The molecular formula is C20H19N3O3. The van der Waals surface area contributed by atoms with Crippen LogP contribution in [0, 0.1) is 0 Å². The Morgan fingerprint density at radius 1 is 1.12 bits per heavy atom. The fourth-order valence-corrected chi connectivity index (χ4v) is 3.14. The Hall–Kier alpha value is -3.15. The average Bonchev–Trinajstić information content (AvgIpc) is 3.41. The Bertz CT molecular complexity index is 1010. The van der Waals surface area contributed by atoms with Crippen LogP contribution < -0.4 is 0 Å². The van der Waals surface area contributed by atoms with Crippen molar-refractivity contribution in [2.75, 3.05) is 14.1 Å². The molecule has 1 fully saturated rings.